The van der Waals surface area contributed by atoms with Gasteiger partial charge in [0.2, 0.25) is 5.91 Å². The lowest BCUT2D eigenvalue weighted by atomic mass is 9.92. The minimum atomic E-state index is -1.27. The lowest BCUT2D eigenvalue weighted by Crippen LogP contribution is -2.55. The highest BCUT2D eigenvalue weighted by atomic mass is 16.6. The average Bonchev–Trinajstić information content (AvgIpc) is 3.39. The summed E-state index contributed by atoms with van der Waals surface area (Å²) in [5.41, 5.74) is -0.00279. The van der Waals surface area contributed by atoms with Gasteiger partial charge in [0.05, 0.1) is 32.5 Å². The van der Waals surface area contributed by atoms with E-state index in [-0.39, 0.29) is 12.5 Å². The normalized spacial score (nSPS) is 21.4. The topological polar surface area (TPSA) is 137 Å². The van der Waals surface area contributed by atoms with Crippen LogP contribution in [0.5, 0.6) is 5.75 Å². The highest BCUT2D eigenvalue weighted by Crippen LogP contribution is 2.30. The predicted molar refractivity (Wildman–Crippen MR) is 106 cm³/mol. The third kappa shape index (κ3) is 4.80. The van der Waals surface area contributed by atoms with Gasteiger partial charge in [0.25, 0.3) is 5.91 Å². The molecule has 4 N–H and O–H groups in total. The second kappa shape index (κ2) is 9.11. The summed E-state index contributed by atoms with van der Waals surface area (Å²) in [6.07, 6.45) is 1.04. The molecule has 2 aliphatic rings. The Hall–Kier alpha value is -2.49. The SMILES string of the molecule is CC(C)C[C@H](NC(=O)[C@H](CO)NC(=O)c1ccc2c(c1)CCO2)C(=O)[C@@]1(CO)CO1. The van der Waals surface area contributed by atoms with Gasteiger partial charge < -0.3 is 30.3 Å². The van der Waals surface area contributed by atoms with E-state index in [1.165, 1.54) is 0 Å². The van der Waals surface area contributed by atoms with Crippen molar-refractivity contribution in [1.82, 2.24) is 10.6 Å². The van der Waals surface area contributed by atoms with Crippen LogP contribution < -0.4 is 15.4 Å². The van der Waals surface area contributed by atoms with Gasteiger partial charge in [0, 0.05) is 12.0 Å². The number of epoxide rings is 1. The van der Waals surface area contributed by atoms with Crippen LogP contribution in [-0.4, -0.2) is 71.9 Å². The number of Topliss-reactive ketones (excluding diaryl/α,β-unsaturated/α-hetero) is 1. The molecule has 2 heterocycles. The smallest absolute Gasteiger partial charge is 0.252 e. The van der Waals surface area contributed by atoms with Gasteiger partial charge in [-0.3, -0.25) is 14.4 Å². The Labute approximate surface area is 174 Å². The van der Waals surface area contributed by atoms with Crippen molar-refractivity contribution in [3.8, 4) is 5.75 Å². The number of aliphatic hydroxyl groups is 2. The minimum absolute atomic E-state index is 0.0875. The van der Waals surface area contributed by atoms with Gasteiger partial charge in [-0.1, -0.05) is 13.8 Å². The summed E-state index contributed by atoms with van der Waals surface area (Å²) in [5.74, 6) is -0.776. The molecule has 9 nitrogen and oxygen atoms in total. The number of benzene rings is 1. The van der Waals surface area contributed by atoms with Crippen LogP contribution in [0.3, 0.4) is 0 Å². The minimum Gasteiger partial charge on any atom is -0.493 e. The first-order chi connectivity index (χ1) is 14.3. The maximum Gasteiger partial charge on any atom is 0.252 e. The Morgan fingerprint density at radius 3 is 2.50 bits per heavy atom. The molecule has 30 heavy (non-hydrogen) atoms. The highest BCUT2D eigenvalue weighted by Gasteiger charge is 2.54. The molecule has 0 bridgehead atoms. The van der Waals surface area contributed by atoms with Crippen molar-refractivity contribution in [3.63, 3.8) is 0 Å². The third-order valence-electron chi connectivity index (χ3n) is 5.29. The molecule has 1 aromatic rings. The van der Waals surface area contributed by atoms with Gasteiger partial charge in [-0.15, -0.1) is 0 Å². The van der Waals surface area contributed by atoms with Crippen molar-refractivity contribution in [3.05, 3.63) is 29.3 Å². The van der Waals surface area contributed by atoms with Crippen LogP contribution >= 0.6 is 0 Å². The fourth-order valence-corrected chi connectivity index (χ4v) is 3.45. The van der Waals surface area contributed by atoms with Crippen LogP contribution in [0.2, 0.25) is 0 Å². The van der Waals surface area contributed by atoms with Crippen molar-refractivity contribution in [2.45, 2.75) is 44.4 Å². The monoisotopic (exact) mass is 420 g/mol. The van der Waals surface area contributed by atoms with Gasteiger partial charge in [-0.05, 0) is 36.1 Å². The Morgan fingerprint density at radius 2 is 1.90 bits per heavy atom. The lowest BCUT2D eigenvalue weighted by Gasteiger charge is -2.24. The summed E-state index contributed by atoms with van der Waals surface area (Å²) < 4.78 is 10.5. The van der Waals surface area contributed by atoms with Crippen LogP contribution in [0.1, 0.15) is 36.2 Å². The highest BCUT2D eigenvalue weighted by molar-refractivity contribution is 6.00. The molecule has 0 spiro atoms. The Bertz CT molecular complexity index is 820. The molecule has 0 unspecified atom stereocenters. The van der Waals surface area contributed by atoms with E-state index >= 15 is 0 Å². The molecule has 0 saturated carbocycles. The second-order valence-electron chi connectivity index (χ2n) is 8.13. The number of carbonyl (C=O) groups is 3. The molecular weight excluding hydrogens is 392 g/mol. The molecule has 0 radical (unpaired) electrons. The fourth-order valence-electron chi connectivity index (χ4n) is 3.45. The molecule has 0 aromatic heterocycles. The van der Waals surface area contributed by atoms with Crippen molar-refractivity contribution >= 4 is 17.6 Å². The molecule has 2 amide bonds. The summed E-state index contributed by atoms with van der Waals surface area (Å²) in [4.78, 5) is 38.0. The Balaban J connectivity index is 1.66. The van der Waals surface area contributed by atoms with E-state index in [0.717, 1.165) is 11.3 Å². The van der Waals surface area contributed by atoms with Crippen LogP contribution in [0.25, 0.3) is 0 Å². The van der Waals surface area contributed by atoms with E-state index in [9.17, 15) is 24.6 Å². The number of ether oxygens (including phenoxy) is 2. The van der Waals surface area contributed by atoms with Gasteiger partial charge >= 0.3 is 0 Å². The van der Waals surface area contributed by atoms with Crippen LogP contribution in [-0.2, 0) is 20.7 Å². The molecule has 1 fully saturated rings. The van der Waals surface area contributed by atoms with Gasteiger partial charge in [-0.25, -0.2) is 0 Å². The lowest BCUT2D eigenvalue weighted by molar-refractivity contribution is -0.133. The van der Waals surface area contributed by atoms with Crippen LogP contribution in [0, 0.1) is 5.92 Å². The second-order valence-corrected chi connectivity index (χ2v) is 8.13. The van der Waals surface area contributed by atoms with Crippen molar-refractivity contribution in [1.29, 1.82) is 0 Å². The molecule has 1 aromatic carbocycles. The first kappa shape index (κ1) is 22.2. The van der Waals surface area contributed by atoms with Gasteiger partial charge in [-0.2, -0.15) is 0 Å². The van der Waals surface area contributed by atoms with Gasteiger partial charge in [0.15, 0.2) is 11.4 Å². The number of ketones is 1. The van der Waals surface area contributed by atoms with Crippen LogP contribution in [0.4, 0.5) is 0 Å². The zero-order valence-corrected chi connectivity index (χ0v) is 17.1. The summed E-state index contributed by atoms with van der Waals surface area (Å²) in [6, 6.07) is 2.87. The summed E-state index contributed by atoms with van der Waals surface area (Å²) in [6.45, 7) is 3.37. The number of amides is 2. The summed E-state index contributed by atoms with van der Waals surface area (Å²) in [7, 11) is 0. The maximum atomic E-state index is 12.7. The number of carbonyl (C=O) groups excluding carboxylic acids is 3. The first-order valence-corrected chi connectivity index (χ1v) is 10.1. The largest absolute Gasteiger partial charge is 0.493 e. The molecule has 3 atom stereocenters. The Morgan fingerprint density at radius 1 is 1.17 bits per heavy atom. The van der Waals surface area contributed by atoms with Crippen molar-refractivity contribution in [2.24, 2.45) is 5.92 Å². The number of nitrogens with one attached hydrogen (secondary N) is 2. The number of fused-ring (bicyclic) bond motifs is 1. The average molecular weight is 420 g/mol. The molecule has 164 valence electrons. The van der Waals surface area contributed by atoms with Crippen LogP contribution in [0.15, 0.2) is 18.2 Å². The molecule has 1 saturated heterocycles. The van der Waals surface area contributed by atoms with E-state index in [2.05, 4.69) is 10.6 Å². The first-order valence-electron chi connectivity index (χ1n) is 10.1. The summed E-state index contributed by atoms with van der Waals surface area (Å²) >= 11 is 0. The van der Waals surface area contributed by atoms with E-state index in [0.29, 0.717) is 25.0 Å². The predicted octanol–water partition coefficient (Wildman–Crippen LogP) is -0.426. The zero-order valence-electron chi connectivity index (χ0n) is 17.1. The molecule has 2 aliphatic heterocycles. The van der Waals surface area contributed by atoms with E-state index in [1.807, 2.05) is 13.8 Å². The van der Waals surface area contributed by atoms with Gasteiger partial charge in [0.1, 0.15) is 11.8 Å². The van der Waals surface area contributed by atoms with E-state index in [1.54, 1.807) is 18.2 Å². The maximum absolute atomic E-state index is 12.7. The number of hydrogen-bond donors (Lipinski definition) is 4. The van der Waals surface area contributed by atoms with Crippen molar-refractivity contribution in [2.75, 3.05) is 26.4 Å². The molecule has 0 aliphatic carbocycles. The van der Waals surface area contributed by atoms with E-state index < -0.39 is 48.5 Å². The quantitative estimate of drug-likeness (QED) is 0.377. The standard InChI is InChI=1S/C21H28N2O7/c1-12(2)7-15(18(26)21(10-25)11-30-21)22-20(28)16(9-24)23-19(27)14-3-4-17-13(8-14)5-6-29-17/h3-4,8,12,15-16,24-25H,5-7,9-11H2,1-2H3,(H,22,28)(H,23,27)/t15-,16-,21+/m0/s1. The summed E-state index contributed by atoms with van der Waals surface area (Å²) in [5, 5.41) is 24.2. The van der Waals surface area contributed by atoms with E-state index in [4.69, 9.17) is 9.47 Å². The number of aliphatic hydroxyl groups excluding tert-OH is 2. The molecule has 3 rings (SSSR count). The zero-order chi connectivity index (χ0) is 21.9. The number of rotatable bonds is 10. The molecule has 9 heteroatoms. The number of hydrogen-bond acceptors (Lipinski definition) is 7. The fraction of sp³-hybridized carbons (Fsp3) is 0.571. The van der Waals surface area contributed by atoms with Crippen molar-refractivity contribution < 1.29 is 34.1 Å². The third-order valence-corrected chi connectivity index (χ3v) is 5.29. The molecular formula is C21H28N2O7. The Kier molecular flexibility index (Phi) is 6.74.